The zero-order chi connectivity index (χ0) is 18.0. The average molecular weight is 374 g/mol. The maximum Gasteiger partial charge on any atom is 1.00 e. The standard InChI is InChI=1S/C8H6O7S.C4H10O3.Na/c9-7(10)4-1-5(8(11)12)3-6(2-4)16(13,14)15;5-1-3-7-4-2-6;/h1-3H,(H,9,10)(H,11,12)(H,13,14,15);5-6H,1-4H2;/q;;+1/p-1. The summed E-state index contributed by atoms with van der Waals surface area (Å²) in [5, 5.41) is 33.4. The third-order valence-electron chi connectivity index (χ3n) is 2.16. The summed E-state index contributed by atoms with van der Waals surface area (Å²) in [5.74, 6) is -3.04. The van der Waals surface area contributed by atoms with Crippen molar-refractivity contribution in [3.63, 3.8) is 0 Å². The van der Waals surface area contributed by atoms with Crippen LogP contribution in [-0.2, 0) is 14.9 Å². The average Bonchev–Trinajstić information content (AvgIpc) is 2.47. The number of hydrogen-bond donors (Lipinski definition) is 4. The Balaban J connectivity index is 0. The van der Waals surface area contributed by atoms with Crippen LogP contribution in [0.15, 0.2) is 23.1 Å². The Hall–Kier alpha value is -1.05. The number of ether oxygens (including phenoxy) is 1. The van der Waals surface area contributed by atoms with Crippen LogP contribution in [0.25, 0.3) is 0 Å². The van der Waals surface area contributed by atoms with Gasteiger partial charge in [0.25, 0.3) is 0 Å². The van der Waals surface area contributed by atoms with Gasteiger partial charge in [0.15, 0.2) is 0 Å². The van der Waals surface area contributed by atoms with Crippen molar-refractivity contribution in [2.24, 2.45) is 0 Å². The van der Waals surface area contributed by atoms with E-state index in [-0.39, 0.29) is 42.8 Å². The van der Waals surface area contributed by atoms with E-state index in [9.17, 15) is 22.6 Å². The third kappa shape index (κ3) is 9.95. The zero-order valence-electron chi connectivity index (χ0n) is 12.7. The van der Waals surface area contributed by atoms with Crippen LogP contribution in [0.1, 0.15) is 20.7 Å². The van der Waals surface area contributed by atoms with Crippen LogP contribution in [0.2, 0.25) is 0 Å². The van der Waals surface area contributed by atoms with Crippen LogP contribution < -0.4 is 29.6 Å². The summed E-state index contributed by atoms with van der Waals surface area (Å²) >= 11 is 0. The van der Waals surface area contributed by atoms with Gasteiger partial charge in [0.05, 0.1) is 42.4 Å². The molecular formula is C12H15NaO10S. The molecule has 0 spiro atoms. The SMILES string of the molecule is O=C(O)c1cc(C(=O)O)cc(S(=O)(=O)[O-])c1.OCCOCCO.[Na+]. The van der Waals surface area contributed by atoms with Crippen molar-refractivity contribution in [2.75, 3.05) is 26.4 Å². The molecule has 24 heavy (non-hydrogen) atoms. The summed E-state index contributed by atoms with van der Waals surface area (Å²) in [7, 11) is -4.89. The van der Waals surface area contributed by atoms with Crippen molar-refractivity contribution >= 4 is 22.1 Å². The van der Waals surface area contributed by atoms with Crippen molar-refractivity contribution in [2.45, 2.75) is 4.90 Å². The number of rotatable bonds is 7. The fraction of sp³-hybridized carbons (Fsp3) is 0.333. The Labute approximate surface area is 159 Å². The Bertz CT molecular complexity index is 607. The van der Waals surface area contributed by atoms with Crippen LogP contribution in [-0.4, -0.2) is 71.8 Å². The maximum atomic E-state index is 10.6. The molecule has 0 fully saturated rings. The van der Waals surface area contributed by atoms with Gasteiger partial charge in [-0.1, -0.05) is 0 Å². The summed E-state index contributed by atoms with van der Waals surface area (Å²) in [4.78, 5) is 20.2. The fourth-order valence-corrected chi connectivity index (χ4v) is 1.76. The molecule has 0 unspecified atom stereocenters. The molecule has 1 aromatic rings. The molecule has 0 bridgehead atoms. The number of benzene rings is 1. The van der Waals surface area contributed by atoms with Crippen LogP contribution in [0.3, 0.4) is 0 Å². The number of aromatic carboxylic acids is 2. The van der Waals surface area contributed by atoms with E-state index in [0.29, 0.717) is 25.3 Å². The minimum Gasteiger partial charge on any atom is -0.744 e. The van der Waals surface area contributed by atoms with Gasteiger partial charge < -0.3 is 29.7 Å². The molecule has 0 saturated carbocycles. The summed E-state index contributed by atoms with van der Waals surface area (Å²) in [6, 6.07) is 1.98. The summed E-state index contributed by atoms with van der Waals surface area (Å²) in [5.41, 5.74) is -1.15. The summed E-state index contributed by atoms with van der Waals surface area (Å²) in [6.45, 7) is 0.696. The Morgan fingerprint density at radius 3 is 1.58 bits per heavy atom. The molecule has 4 N–H and O–H groups in total. The minimum atomic E-state index is -4.89. The molecule has 0 aromatic heterocycles. The van der Waals surface area contributed by atoms with E-state index in [4.69, 9.17) is 20.4 Å². The fourth-order valence-electron chi connectivity index (χ4n) is 1.22. The van der Waals surface area contributed by atoms with Gasteiger partial charge >= 0.3 is 41.5 Å². The molecule has 10 nitrogen and oxygen atoms in total. The van der Waals surface area contributed by atoms with Crippen LogP contribution in [0.5, 0.6) is 0 Å². The number of aliphatic hydroxyl groups excluding tert-OH is 2. The second-order valence-electron chi connectivity index (χ2n) is 3.87. The largest absolute Gasteiger partial charge is 1.00 e. The second kappa shape index (κ2) is 12.3. The number of hydrogen-bond acceptors (Lipinski definition) is 8. The quantitative estimate of drug-likeness (QED) is 0.208. The Morgan fingerprint density at radius 1 is 0.958 bits per heavy atom. The van der Waals surface area contributed by atoms with E-state index in [2.05, 4.69) is 4.74 Å². The first-order valence-electron chi connectivity index (χ1n) is 6.00. The Morgan fingerprint density at radius 2 is 1.33 bits per heavy atom. The first-order chi connectivity index (χ1) is 10.6. The molecule has 1 aromatic carbocycles. The van der Waals surface area contributed by atoms with E-state index in [1.54, 1.807) is 0 Å². The smallest absolute Gasteiger partial charge is 0.744 e. The van der Waals surface area contributed by atoms with E-state index in [1.807, 2.05) is 0 Å². The summed E-state index contributed by atoms with van der Waals surface area (Å²) in [6.07, 6.45) is 0. The number of carboxylic acid groups (broad SMARTS) is 2. The molecule has 0 atom stereocenters. The van der Waals surface area contributed by atoms with Crippen LogP contribution in [0.4, 0.5) is 0 Å². The molecule has 0 aliphatic heterocycles. The van der Waals surface area contributed by atoms with E-state index in [1.165, 1.54) is 0 Å². The minimum absolute atomic E-state index is 0. The molecule has 0 heterocycles. The van der Waals surface area contributed by atoms with Crippen LogP contribution in [0, 0.1) is 0 Å². The number of carboxylic acids is 2. The van der Waals surface area contributed by atoms with Gasteiger partial charge in [0.2, 0.25) is 0 Å². The van der Waals surface area contributed by atoms with Crippen molar-refractivity contribution in [1.82, 2.24) is 0 Å². The first-order valence-corrected chi connectivity index (χ1v) is 7.41. The molecule has 0 amide bonds. The predicted molar refractivity (Wildman–Crippen MR) is 73.3 cm³/mol. The molecule has 0 saturated heterocycles. The molecular weight excluding hydrogens is 359 g/mol. The van der Waals surface area contributed by atoms with Gasteiger partial charge in [-0.2, -0.15) is 0 Å². The molecule has 130 valence electrons. The van der Waals surface area contributed by atoms with E-state index >= 15 is 0 Å². The van der Waals surface area contributed by atoms with Gasteiger partial charge in [-0.05, 0) is 18.2 Å². The van der Waals surface area contributed by atoms with Crippen molar-refractivity contribution < 1.29 is 77.3 Å². The van der Waals surface area contributed by atoms with Gasteiger partial charge in [0, 0.05) is 0 Å². The first kappa shape index (κ1) is 25.2. The van der Waals surface area contributed by atoms with Crippen molar-refractivity contribution in [1.29, 1.82) is 0 Å². The van der Waals surface area contributed by atoms with Gasteiger partial charge in [-0.15, -0.1) is 0 Å². The van der Waals surface area contributed by atoms with Crippen molar-refractivity contribution in [3.05, 3.63) is 29.3 Å². The second-order valence-corrected chi connectivity index (χ2v) is 5.25. The molecule has 1 rings (SSSR count). The van der Waals surface area contributed by atoms with E-state index < -0.39 is 38.1 Å². The van der Waals surface area contributed by atoms with Crippen molar-refractivity contribution in [3.8, 4) is 0 Å². The molecule has 12 heteroatoms. The third-order valence-corrected chi connectivity index (χ3v) is 2.97. The number of aliphatic hydroxyl groups is 2. The normalized spacial score (nSPS) is 10.1. The van der Waals surface area contributed by atoms with Gasteiger partial charge in [0.1, 0.15) is 10.1 Å². The monoisotopic (exact) mass is 374 g/mol. The van der Waals surface area contributed by atoms with E-state index in [0.717, 1.165) is 6.07 Å². The Kier molecular flexibility index (Phi) is 12.9. The molecule has 0 radical (unpaired) electrons. The number of carbonyl (C=O) groups is 2. The molecule has 0 aliphatic carbocycles. The van der Waals surface area contributed by atoms with Gasteiger partial charge in [-0.3, -0.25) is 0 Å². The maximum absolute atomic E-state index is 10.6. The molecule has 0 aliphatic rings. The summed E-state index contributed by atoms with van der Waals surface area (Å²) < 4.78 is 36.6. The topological polar surface area (TPSA) is 181 Å². The van der Waals surface area contributed by atoms with Gasteiger partial charge in [-0.25, -0.2) is 18.0 Å². The van der Waals surface area contributed by atoms with Crippen LogP contribution >= 0.6 is 0 Å². The zero-order valence-corrected chi connectivity index (χ0v) is 15.5. The predicted octanol–water partition coefficient (Wildman–Crippen LogP) is -4.02.